The zero-order valence-corrected chi connectivity index (χ0v) is 15.8. The van der Waals surface area contributed by atoms with Gasteiger partial charge in [-0.25, -0.2) is 0 Å². The van der Waals surface area contributed by atoms with Crippen molar-refractivity contribution in [1.29, 1.82) is 15.8 Å². The van der Waals surface area contributed by atoms with Gasteiger partial charge in [0.2, 0.25) is 0 Å². The molecule has 1 aromatic rings. The number of nitrogens with zero attached hydrogens (tertiary/aromatic N) is 5. The van der Waals surface area contributed by atoms with Crippen molar-refractivity contribution in [1.82, 2.24) is 4.90 Å². The molecule has 0 saturated heterocycles. The van der Waals surface area contributed by atoms with Gasteiger partial charge < -0.3 is 15.5 Å². The van der Waals surface area contributed by atoms with Crippen molar-refractivity contribution >= 4 is 5.69 Å². The van der Waals surface area contributed by atoms with Crippen LogP contribution >= 0.6 is 0 Å². The fourth-order valence-electron chi connectivity index (χ4n) is 4.18. The van der Waals surface area contributed by atoms with Crippen LogP contribution in [-0.2, 0) is 0 Å². The standard InChI is InChI=1S/C21H22N6/c1-26(2)15-6-4-14(5-7-15)19-18-11-27(3)9-8-16(18)17(10-22)20(25)21(19,12-23)13-24/h4-8,18-19H,9,11,25H2,1-3H3/t18-,19+/m0/s1. The Bertz CT molecular complexity index is 919. The molecule has 3 rings (SSSR count). The summed E-state index contributed by atoms with van der Waals surface area (Å²) >= 11 is 0. The summed E-state index contributed by atoms with van der Waals surface area (Å²) in [4.78, 5) is 4.12. The zero-order chi connectivity index (χ0) is 19.8. The molecule has 27 heavy (non-hydrogen) atoms. The Labute approximate surface area is 160 Å². The van der Waals surface area contributed by atoms with Crippen LogP contribution in [0, 0.1) is 45.3 Å². The fourth-order valence-corrected chi connectivity index (χ4v) is 4.18. The maximum Gasteiger partial charge on any atom is 0.191 e. The number of hydrogen-bond donors (Lipinski definition) is 1. The van der Waals surface area contributed by atoms with E-state index >= 15 is 0 Å². The van der Waals surface area contributed by atoms with E-state index in [9.17, 15) is 15.8 Å². The Hall–Kier alpha value is -3.27. The first-order chi connectivity index (χ1) is 12.9. The second-order valence-electron chi connectivity index (χ2n) is 7.38. The molecule has 0 fully saturated rings. The highest BCUT2D eigenvalue weighted by Crippen LogP contribution is 2.54. The summed E-state index contributed by atoms with van der Waals surface area (Å²) in [5, 5.41) is 29.7. The lowest BCUT2D eigenvalue weighted by Gasteiger charge is -2.45. The van der Waals surface area contributed by atoms with E-state index in [1.165, 1.54) is 0 Å². The van der Waals surface area contributed by atoms with Crippen LogP contribution in [0.2, 0.25) is 0 Å². The van der Waals surface area contributed by atoms with E-state index in [1.807, 2.05) is 56.4 Å². The SMILES string of the molecule is CN1CC=C2C(C#N)=C(N)C(C#N)(C#N)[C@H](c3ccc(N(C)C)cc3)[C@H]2C1. The molecule has 2 atom stereocenters. The quantitative estimate of drug-likeness (QED) is 0.868. The van der Waals surface area contributed by atoms with Crippen molar-refractivity contribution < 1.29 is 0 Å². The molecule has 2 N–H and O–H groups in total. The molecule has 0 bridgehead atoms. The van der Waals surface area contributed by atoms with E-state index < -0.39 is 11.3 Å². The maximum atomic E-state index is 10.0. The van der Waals surface area contributed by atoms with E-state index in [0.717, 1.165) is 16.8 Å². The number of rotatable bonds is 2. The molecular weight excluding hydrogens is 336 g/mol. The third-order valence-electron chi connectivity index (χ3n) is 5.62. The summed E-state index contributed by atoms with van der Waals surface area (Å²) in [7, 11) is 5.91. The first-order valence-corrected chi connectivity index (χ1v) is 8.78. The van der Waals surface area contributed by atoms with Crippen molar-refractivity contribution in [3.05, 3.63) is 52.7 Å². The minimum Gasteiger partial charge on any atom is -0.399 e. The number of fused-ring (bicyclic) bond motifs is 1. The topological polar surface area (TPSA) is 104 Å². The van der Waals surface area contributed by atoms with Crippen LogP contribution in [0.25, 0.3) is 0 Å². The summed E-state index contributed by atoms with van der Waals surface area (Å²) in [6.07, 6.45) is 2.00. The number of nitriles is 3. The van der Waals surface area contributed by atoms with Crippen LogP contribution in [0.4, 0.5) is 5.69 Å². The molecule has 1 aromatic carbocycles. The lowest BCUT2D eigenvalue weighted by molar-refractivity contribution is 0.237. The third-order valence-corrected chi connectivity index (χ3v) is 5.62. The van der Waals surface area contributed by atoms with Crippen LogP contribution in [-0.4, -0.2) is 39.1 Å². The molecular formula is C21H22N6. The van der Waals surface area contributed by atoms with E-state index in [1.54, 1.807) is 0 Å². The third kappa shape index (κ3) is 2.74. The Morgan fingerprint density at radius 1 is 1.15 bits per heavy atom. The van der Waals surface area contributed by atoms with Crippen LogP contribution in [0.3, 0.4) is 0 Å². The molecule has 1 aliphatic heterocycles. The highest BCUT2D eigenvalue weighted by atomic mass is 15.1. The van der Waals surface area contributed by atoms with E-state index in [4.69, 9.17) is 5.73 Å². The smallest absolute Gasteiger partial charge is 0.191 e. The Morgan fingerprint density at radius 2 is 1.78 bits per heavy atom. The second-order valence-corrected chi connectivity index (χ2v) is 7.38. The summed E-state index contributed by atoms with van der Waals surface area (Å²) < 4.78 is 0. The zero-order valence-electron chi connectivity index (χ0n) is 15.8. The van der Waals surface area contributed by atoms with Gasteiger partial charge in [0.15, 0.2) is 5.41 Å². The van der Waals surface area contributed by atoms with Crippen molar-refractivity contribution in [2.24, 2.45) is 17.1 Å². The van der Waals surface area contributed by atoms with Gasteiger partial charge in [-0.1, -0.05) is 18.2 Å². The number of allylic oxidation sites excluding steroid dienone is 2. The molecule has 1 aliphatic carbocycles. The van der Waals surface area contributed by atoms with Gasteiger partial charge in [0.1, 0.15) is 6.07 Å². The van der Waals surface area contributed by atoms with Gasteiger partial charge in [-0.3, -0.25) is 0 Å². The summed E-state index contributed by atoms with van der Waals surface area (Å²) in [6, 6.07) is 14.3. The van der Waals surface area contributed by atoms with E-state index in [0.29, 0.717) is 13.1 Å². The summed E-state index contributed by atoms with van der Waals surface area (Å²) in [6.45, 7) is 1.37. The van der Waals surface area contributed by atoms with E-state index in [2.05, 4.69) is 23.1 Å². The maximum absolute atomic E-state index is 10.0. The van der Waals surface area contributed by atoms with E-state index in [-0.39, 0.29) is 17.2 Å². The van der Waals surface area contributed by atoms with Crippen molar-refractivity contribution in [3.63, 3.8) is 0 Å². The molecule has 136 valence electrons. The van der Waals surface area contributed by atoms with Gasteiger partial charge in [-0.15, -0.1) is 0 Å². The first kappa shape index (κ1) is 18.5. The van der Waals surface area contributed by atoms with Crippen molar-refractivity contribution in [2.75, 3.05) is 39.1 Å². The van der Waals surface area contributed by atoms with Gasteiger partial charge in [-0.2, -0.15) is 15.8 Å². The molecule has 0 radical (unpaired) electrons. The fraction of sp³-hybridized carbons (Fsp3) is 0.381. The lowest BCUT2D eigenvalue weighted by Crippen LogP contribution is -2.47. The summed E-state index contributed by atoms with van der Waals surface area (Å²) in [5.41, 5.74) is 7.86. The lowest BCUT2D eigenvalue weighted by atomic mass is 9.58. The van der Waals surface area contributed by atoms with Crippen LogP contribution < -0.4 is 10.6 Å². The number of nitrogens with two attached hydrogens (primary N) is 1. The molecule has 0 unspecified atom stereocenters. The number of anilines is 1. The Kier molecular flexibility index (Phi) is 4.66. The first-order valence-electron chi connectivity index (χ1n) is 8.78. The number of benzene rings is 1. The average Bonchev–Trinajstić information content (AvgIpc) is 2.67. The highest BCUT2D eigenvalue weighted by molar-refractivity contribution is 5.60. The molecule has 6 nitrogen and oxygen atoms in total. The van der Waals surface area contributed by atoms with Crippen molar-refractivity contribution in [3.8, 4) is 18.2 Å². The van der Waals surface area contributed by atoms with Gasteiger partial charge in [0.05, 0.1) is 23.4 Å². The Balaban J connectivity index is 2.26. The van der Waals surface area contributed by atoms with Gasteiger partial charge >= 0.3 is 0 Å². The molecule has 0 aromatic heterocycles. The average molecular weight is 358 g/mol. The second kappa shape index (κ2) is 6.80. The van der Waals surface area contributed by atoms with Gasteiger partial charge in [0.25, 0.3) is 0 Å². The number of likely N-dealkylation sites (N-methyl/N-ethyl adjacent to an activating group) is 1. The normalized spacial score (nSPS) is 24.1. The highest BCUT2D eigenvalue weighted by Gasteiger charge is 2.54. The molecule has 0 spiro atoms. The molecule has 6 heteroatoms. The molecule has 2 aliphatic rings. The minimum atomic E-state index is -1.56. The minimum absolute atomic E-state index is 0.0729. The largest absolute Gasteiger partial charge is 0.399 e. The van der Waals surface area contributed by atoms with Crippen LogP contribution in [0.5, 0.6) is 0 Å². The summed E-state index contributed by atoms with van der Waals surface area (Å²) in [5.74, 6) is -0.579. The molecule has 1 heterocycles. The Morgan fingerprint density at radius 3 is 2.30 bits per heavy atom. The predicted molar refractivity (Wildman–Crippen MR) is 103 cm³/mol. The molecule has 0 amide bonds. The number of hydrogen-bond acceptors (Lipinski definition) is 6. The molecule has 0 saturated carbocycles. The predicted octanol–water partition coefficient (Wildman–Crippen LogP) is 2.11. The van der Waals surface area contributed by atoms with Crippen LogP contribution in [0.1, 0.15) is 11.5 Å². The van der Waals surface area contributed by atoms with Crippen molar-refractivity contribution in [2.45, 2.75) is 5.92 Å². The van der Waals surface area contributed by atoms with Crippen LogP contribution in [0.15, 0.2) is 47.2 Å². The van der Waals surface area contributed by atoms with Gasteiger partial charge in [-0.05, 0) is 30.3 Å². The van der Waals surface area contributed by atoms with Gasteiger partial charge in [0, 0.05) is 44.7 Å². The monoisotopic (exact) mass is 358 g/mol.